The fourth-order valence-electron chi connectivity index (χ4n) is 1.37. The van der Waals surface area contributed by atoms with Gasteiger partial charge in [0, 0.05) is 6.07 Å². The van der Waals surface area contributed by atoms with Crippen LogP contribution in [0.1, 0.15) is 32.8 Å². The quantitative estimate of drug-likeness (QED) is 0.793. The predicted octanol–water partition coefficient (Wildman–Crippen LogP) is 3.00. The summed E-state index contributed by atoms with van der Waals surface area (Å²) in [5.41, 5.74) is 0.817. The molecule has 0 amide bonds. The Hall–Kier alpha value is -1.22. The number of ether oxygens (including phenoxy) is 2. The number of aliphatic hydroxyl groups is 1. The highest BCUT2D eigenvalue weighted by molar-refractivity contribution is 5.38. The third-order valence-electron chi connectivity index (χ3n) is 2.18. The highest BCUT2D eigenvalue weighted by Gasteiger charge is 2.03. The molecule has 0 aliphatic rings. The molecule has 1 aromatic carbocycles. The molecule has 0 atom stereocenters. The van der Waals surface area contributed by atoms with Crippen LogP contribution in [0.2, 0.25) is 0 Å². The van der Waals surface area contributed by atoms with Crippen molar-refractivity contribution in [2.24, 2.45) is 5.92 Å². The van der Waals surface area contributed by atoms with E-state index in [1.807, 2.05) is 18.2 Å². The van der Waals surface area contributed by atoms with E-state index in [-0.39, 0.29) is 6.61 Å². The molecule has 0 fully saturated rings. The van der Waals surface area contributed by atoms with Crippen LogP contribution >= 0.6 is 0 Å². The molecular weight excluding hydrogens is 216 g/mol. The molecule has 0 radical (unpaired) electrons. The van der Waals surface area contributed by atoms with Gasteiger partial charge in [-0.05, 0) is 30.0 Å². The van der Waals surface area contributed by atoms with Gasteiger partial charge >= 0.3 is 0 Å². The van der Waals surface area contributed by atoms with E-state index in [0.29, 0.717) is 19.1 Å². The summed E-state index contributed by atoms with van der Waals surface area (Å²) in [6.07, 6.45) is 0.964. The Bertz CT molecular complexity index is 334. The molecular formula is C14H22O3. The second-order valence-corrected chi connectivity index (χ2v) is 4.52. The van der Waals surface area contributed by atoms with Crippen molar-refractivity contribution in [2.45, 2.75) is 33.8 Å². The lowest BCUT2D eigenvalue weighted by Crippen LogP contribution is -2.05. The molecule has 17 heavy (non-hydrogen) atoms. The standard InChI is InChI=1S/C14H22O3/c1-4-5-16-13-6-12(9-15)7-14(8-13)17-10-11(2)3/h6-8,11,15H,4-5,9-10H2,1-3H3. The SMILES string of the molecule is CCCOc1cc(CO)cc(OCC(C)C)c1. The van der Waals surface area contributed by atoms with Crippen LogP contribution in [0.3, 0.4) is 0 Å². The zero-order valence-corrected chi connectivity index (χ0v) is 10.9. The normalized spacial score (nSPS) is 10.6. The van der Waals surface area contributed by atoms with Gasteiger partial charge in [0.15, 0.2) is 0 Å². The molecule has 3 heteroatoms. The fraction of sp³-hybridized carbons (Fsp3) is 0.571. The average molecular weight is 238 g/mol. The zero-order chi connectivity index (χ0) is 12.7. The highest BCUT2D eigenvalue weighted by Crippen LogP contribution is 2.23. The van der Waals surface area contributed by atoms with E-state index in [1.165, 1.54) is 0 Å². The van der Waals surface area contributed by atoms with Crippen molar-refractivity contribution in [3.8, 4) is 11.5 Å². The summed E-state index contributed by atoms with van der Waals surface area (Å²) in [5, 5.41) is 9.18. The molecule has 0 saturated carbocycles. The Kier molecular flexibility index (Phi) is 5.84. The molecule has 0 aliphatic carbocycles. The second-order valence-electron chi connectivity index (χ2n) is 4.52. The van der Waals surface area contributed by atoms with Gasteiger partial charge in [-0.15, -0.1) is 0 Å². The lowest BCUT2D eigenvalue weighted by molar-refractivity contribution is 0.260. The van der Waals surface area contributed by atoms with Gasteiger partial charge in [-0.2, -0.15) is 0 Å². The fourth-order valence-corrected chi connectivity index (χ4v) is 1.37. The van der Waals surface area contributed by atoms with E-state index in [9.17, 15) is 5.11 Å². The first-order chi connectivity index (χ1) is 8.15. The van der Waals surface area contributed by atoms with Gasteiger partial charge < -0.3 is 14.6 Å². The summed E-state index contributed by atoms with van der Waals surface area (Å²) in [6, 6.07) is 5.57. The molecule has 1 aromatic rings. The summed E-state index contributed by atoms with van der Waals surface area (Å²) in [4.78, 5) is 0. The van der Waals surface area contributed by atoms with Gasteiger partial charge in [0.1, 0.15) is 11.5 Å². The van der Waals surface area contributed by atoms with Crippen LogP contribution in [-0.2, 0) is 6.61 Å². The smallest absolute Gasteiger partial charge is 0.123 e. The summed E-state index contributed by atoms with van der Waals surface area (Å²) >= 11 is 0. The molecule has 0 saturated heterocycles. The number of hydrogen-bond acceptors (Lipinski definition) is 3. The van der Waals surface area contributed by atoms with Gasteiger partial charge in [0.05, 0.1) is 19.8 Å². The van der Waals surface area contributed by atoms with E-state index in [1.54, 1.807) is 0 Å². The third-order valence-corrected chi connectivity index (χ3v) is 2.18. The van der Waals surface area contributed by atoms with E-state index < -0.39 is 0 Å². The molecule has 1 N–H and O–H groups in total. The maximum atomic E-state index is 9.18. The number of hydrogen-bond donors (Lipinski definition) is 1. The molecule has 0 aromatic heterocycles. The van der Waals surface area contributed by atoms with Crippen molar-refractivity contribution in [1.82, 2.24) is 0 Å². The Morgan fingerprint density at radius 1 is 1.12 bits per heavy atom. The molecule has 96 valence electrons. The Morgan fingerprint density at radius 3 is 2.29 bits per heavy atom. The van der Waals surface area contributed by atoms with E-state index in [4.69, 9.17) is 9.47 Å². The molecule has 0 aliphatic heterocycles. The predicted molar refractivity (Wildman–Crippen MR) is 68.5 cm³/mol. The minimum absolute atomic E-state index is 0.00135. The topological polar surface area (TPSA) is 38.7 Å². The first-order valence-electron chi connectivity index (χ1n) is 6.16. The first kappa shape index (κ1) is 13.8. The summed E-state index contributed by atoms with van der Waals surface area (Å²) in [7, 11) is 0. The summed E-state index contributed by atoms with van der Waals surface area (Å²) < 4.78 is 11.2. The second kappa shape index (κ2) is 7.17. The molecule has 3 nitrogen and oxygen atoms in total. The van der Waals surface area contributed by atoms with Gasteiger partial charge in [0.25, 0.3) is 0 Å². The van der Waals surface area contributed by atoms with Crippen LogP contribution in [0.15, 0.2) is 18.2 Å². The van der Waals surface area contributed by atoms with Crippen LogP contribution in [0, 0.1) is 5.92 Å². The number of aliphatic hydroxyl groups excluding tert-OH is 1. The third kappa shape index (κ3) is 5.09. The first-order valence-corrected chi connectivity index (χ1v) is 6.16. The van der Waals surface area contributed by atoms with Crippen LogP contribution in [-0.4, -0.2) is 18.3 Å². The van der Waals surface area contributed by atoms with Crippen LogP contribution in [0.5, 0.6) is 11.5 Å². The van der Waals surface area contributed by atoms with E-state index >= 15 is 0 Å². The van der Waals surface area contributed by atoms with Crippen LogP contribution < -0.4 is 9.47 Å². The Labute approximate surface area is 103 Å². The van der Waals surface area contributed by atoms with Crippen LogP contribution in [0.4, 0.5) is 0 Å². The largest absolute Gasteiger partial charge is 0.493 e. The van der Waals surface area contributed by atoms with Crippen molar-refractivity contribution >= 4 is 0 Å². The van der Waals surface area contributed by atoms with Crippen LogP contribution in [0.25, 0.3) is 0 Å². The summed E-state index contributed by atoms with van der Waals surface area (Å²) in [5.74, 6) is 2.00. The number of rotatable bonds is 7. The maximum Gasteiger partial charge on any atom is 0.123 e. The van der Waals surface area contributed by atoms with E-state index in [2.05, 4.69) is 20.8 Å². The lowest BCUT2D eigenvalue weighted by atomic mass is 10.2. The molecule has 0 bridgehead atoms. The monoisotopic (exact) mass is 238 g/mol. The molecule has 0 unspecified atom stereocenters. The van der Waals surface area contributed by atoms with Crippen molar-refractivity contribution in [1.29, 1.82) is 0 Å². The average Bonchev–Trinajstić information content (AvgIpc) is 2.33. The van der Waals surface area contributed by atoms with Gasteiger partial charge in [-0.3, -0.25) is 0 Å². The van der Waals surface area contributed by atoms with E-state index in [0.717, 1.165) is 23.5 Å². The summed E-state index contributed by atoms with van der Waals surface area (Å²) in [6.45, 7) is 7.61. The Balaban J connectivity index is 2.73. The minimum Gasteiger partial charge on any atom is -0.493 e. The number of benzene rings is 1. The van der Waals surface area contributed by atoms with Crippen molar-refractivity contribution < 1.29 is 14.6 Å². The lowest BCUT2D eigenvalue weighted by Gasteiger charge is -2.12. The van der Waals surface area contributed by atoms with Crippen molar-refractivity contribution in [3.63, 3.8) is 0 Å². The molecule has 1 rings (SSSR count). The van der Waals surface area contributed by atoms with Crippen molar-refractivity contribution in [3.05, 3.63) is 23.8 Å². The molecule has 0 heterocycles. The maximum absolute atomic E-state index is 9.18. The van der Waals surface area contributed by atoms with Gasteiger partial charge in [-0.1, -0.05) is 20.8 Å². The Morgan fingerprint density at radius 2 is 1.76 bits per heavy atom. The van der Waals surface area contributed by atoms with Gasteiger partial charge in [0.2, 0.25) is 0 Å². The molecule has 0 spiro atoms. The van der Waals surface area contributed by atoms with Gasteiger partial charge in [-0.25, -0.2) is 0 Å². The highest BCUT2D eigenvalue weighted by atomic mass is 16.5. The minimum atomic E-state index is 0.00135. The van der Waals surface area contributed by atoms with Crippen molar-refractivity contribution in [2.75, 3.05) is 13.2 Å². The zero-order valence-electron chi connectivity index (χ0n) is 10.9.